The minimum atomic E-state index is -0.306. The van der Waals surface area contributed by atoms with Crippen molar-refractivity contribution in [3.63, 3.8) is 0 Å². The van der Waals surface area contributed by atoms with E-state index in [0.29, 0.717) is 15.7 Å². The molecule has 0 spiro atoms. The number of oxime groups is 1. The van der Waals surface area contributed by atoms with Crippen molar-refractivity contribution in [2.45, 2.75) is 20.5 Å². The van der Waals surface area contributed by atoms with Crippen LogP contribution in [0.4, 0.5) is 4.39 Å². The Hall–Kier alpha value is -2.91. The van der Waals surface area contributed by atoms with E-state index < -0.39 is 0 Å². The Morgan fingerprint density at radius 2 is 2.00 bits per heavy atom. The lowest BCUT2D eigenvalue weighted by Gasteiger charge is -2.11. The van der Waals surface area contributed by atoms with E-state index in [0.717, 1.165) is 22.5 Å². The fourth-order valence-electron chi connectivity index (χ4n) is 2.91. The van der Waals surface area contributed by atoms with Gasteiger partial charge in [0.25, 0.3) is 0 Å². The molecular weight excluding hydrogens is 409 g/mol. The summed E-state index contributed by atoms with van der Waals surface area (Å²) in [6.07, 6.45) is 1.60. The highest BCUT2D eigenvalue weighted by atomic mass is 79.9. The molecule has 0 saturated heterocycles. The van der Waals surface area contributed by atoms with Gasteiger partial charge in [-0.1, -0.05) is 39.3 Å². The molecule has 0 bridgehead atoms. The second-order valence-corrected chi connectivity index (χ2v) is 6.95. The average molecular weight is 426 g/mol. The average Bonchev–Trinajstić information content (AvgIpc) is 2.93. The fraction of sp³-hybridized carbons (Fsp3) is 0.143. The maximum absolute atomic E-state index is 14.3. The zero-order valence-electron chi connectivity index (χ0n) is 14.9. The molecule has 0 fully saturated rings. The first kappa shape index (κ1) is 18.9. The van der Waals surface area contributed by atoms with Crippen LogP contribution in [0.1, 0.15) is 28.1 Å². The van der Waals surface area contributed by atoms with Crippen molar-refractivity contribution in [1.29, 1.82) is 5.26 Å². The molecule has 0 N–H and O–H groups in total. The number of nitrogens with zero attached hydrogens (tertiary/aromatic N) is 3. The topological polar surface area (TPSA) is 50.3 Å². The minimum absolute atomic E-state index is 0.209. The Labute approximate surface area is 165 Å². The molecule has 27 heavy (non-hydrogen) atoms. The number of hydrogen-bond acceptors (Lipinski definition) is 3. The minimum Gasteiger partial charge on any atom is -0.391 e. The summed E-state index contributed by atoms with van der Waals surface area (Å²) in [6, 6.07) is 16.3. The first-order chi connectivity index (χ1) is 13.0. The summed E-state index contributed by atoms with van der Waals surface area (Å²) in [6.45, 7) is 4.02. The first-order valence-corrected chi connectivity index (χ1v) is 9.08. The first-order valence-electron chi connectivity index (χ1n) is 8.29. The van der Waals surface area contributed by atoms with Crippen molar-refractivity contribution in [3.8, 4) is 11.8 Å². The third-order valence-electron chi connectivity index (χ3n) is 4.25. The second kappa shape index (κ2) is 8.19. The van der Waals surface area contributed by atoms with Gasteiger partial charge in [-0.25, -0.2) is 4.39 Å². The Bertz CT molecular complexity index is 1050. The number of halogens is 2. The highest BCUT2D eigenvalue weighted by Crippen LogP contribution is 2.24. The van der Waals surface area contributed by atoms with E-state index in [9.17, 15) is 4.39 Å². The predicted octanol–water partition coefficient (Wildman–Crippen LogP) is 5.42. The third kappa shape index (κ3) is 4.09. The number of aromatic nitrogens is 1. The second-order valence-electron chi connectivity index (χ2n) is 6.03. The van der Waals surface area contributed by atoms with E-state index in [2.05, 4.69) is 27.2 Å². The van der Waals surface area contributed by atoms with Crippen molar-refractivity contribution in [3.05, 3.63) is 86.9 Å². The number of benzene rings is 2. The van der Waals surface area contributed by atoms with Gasteiger partial charge in [-0.3, -0.25) is 0 Å². The van der Waals surface area contributed by atoms with Crippen LogP contribution in [0.3, 0.4) is 0 Å². The Morgan fingerprint density at radius 1 is 1.22 bits per heavy atom. The summed E-state index contributed by atoms with van der Waals surface area (Å²) in [7, 11) is 0. The number of nitriles is 1. The lowest BCUT2D eigenvalue weighted by Crippen LogP contribution is -2.02. The largest absolute Gasteiger partial charge is 0.391 e. The molecule has 2 aromatic carbocycles. The van der Waals surface area contributed by atoms with E-state index in [1.807, 2.05) is 36.6 Å². The molecular formula is C21H17BrFN3O. The normalized spacial score (nSPS) is 10.9. The Kier molecular flexibility index (Phi) is 5.72. The van der Waals surface area contributed by atoms with Crippen LogP contribution >= 0.6 is 15.9 Å². The van der Waals surface area contributed by atoms with Gasteiger partial charge in [0.1, 0.15) is 12.4 Å². The molecule has 0 aliphatic carbocycles. The zero-order chi connectivity index (χ0) is 19.4. The molecule has 0 amide bonds. The van der Waals surface area contributed by atoms with Crippen LogP contribution in [0.2, 0.25) is 0 Å². The summed E-state index contributed by atoms with van der Waals surface area (Å²) in [5.74, 6) is -0.306. The van der Waals surface area contributed by atoms with Crippen LogP contribution in [0.5, 0.6) is 0 Å². The maximum atomic E-state index is 14.3. The van der Waals surface area contributed by atoms with Crippen molar-refractivity contribution in [1.82, 2.24) is 4.57 Å². The monoisotopic (exact) mass is 425 g/mol. The van der Waals surface area contributed by atoms with E-state index in [1.54, 1.807) is 30.5 Å². The Balaban J connectivity index is 1.79. The van der Waals surface area contributed by atoms with Gasteiger partial charge in [0.2, 0.25) is 0 Å². The van der Waals surface area contributed by atoms with Gasteiger partial charge >= 0.3 is 0 Å². The van der Waals surface area contributed by atoms with Crippen LogP contribution in [0.15, 0.2) is 58.2 Å². The fourth-order valence-corrected chi connectivity index (χ4v) is 3.24. The van der Waals surface area contributed by atoms with Gasteiger partial charge in [0, 0.05) is 27.0 Å². The van der Waals surface area contributed by atoms with Gasteiger partial charge in [-0.05, 0) is 44.2 Å². The predicted molar refractivity (Wildman–Crippen MR) is 106 cm³/mol. The lowest BCUT2D eigenvalue weighted by molar-refractivity contribution is 0.132. The van der Waals surface area contributed by atoms with Crippen LogP contribution in [0.25, 0.3) is 5.69 Å². The van der Waals surface area contributed by atoms with Crippen LogP contribution in [-0.4, -0.2) is 10.8 Å². The van der Waals surface area contributed by atoms with Gasteiger partial charge in [-0.2, -0.15) is 5.26 Å². The summed E-state index contributed by atoms with van der Waals surface area (Å²) < 4.78 is 16.9. The summed E-state index contributed by atoms with van der Waals surface area (Å²) in [5.41, 5.74) is 4.42. The molecule has 1 heterocycles. The summed E-state index contributed by atoms with van der Waals surface area (Å²) in [5, 5.41) is 13.1. The molecule has 1 aromatic heterocycles. The van der Waals surface area contributed by atoms with Gasteiger partial charge < -0.3 is 9.40 Å². The van der Waals surface area contributed by atoms with E-state index in [-0.39, 0.29) is 12.4 Å². The van der Waals surface area contributed by atoms with E-state index >= 15 is 0 Å². The highest BCUT2D eigenvalue weighted by molar-refractivity contribution is 9.10. The number of hydrogen-bond donors (Lipinski definition) is 0. The molecule has 0 radical (unpaired) electrons. The molecule has 136 valence electrons. The molecule has 0 aliphatic rings. The summed E-state index contributed by atoms with van der Waals surface area (Å²) in [4.78, 5) is 5.34. The Morgan fingerprint density at radius 3 is 2.74 bits per heavy atom. The number of aryl methyl sites for hydroxylation is 1. The standard InChI is InChI=1S/C21H17BrFN3O/c1-14-9-18(12-25-27-13-17-6-4-3-5-16(17)11-24)15(2)26(14)21-8-7-19(22)10-20(21)23/h3-10,12H,13H2,1-2H3/b25-12-. The molecule has 6 heteroatoms. The molecule has 4 nitrogen and oxygen atoms in total. The maximum Gasteiger partial charge on any atom is 0.148 e. The molecule has 0 atom stereocenters. The zero-order valence-corrected chi connectivity index (χ0v) is 16.5. The van der Waals surface area contributed by atoms with Gasteiger partial charge in [0.15, 0.2) is 0 Å². The van der Waals surface area contributed by atoms with Gasteiger partial charge in [-0.15, -0.1) is 0 Å². The number of rotatable bonds is 5. The summed E-state index contributed by atoms with van der Waals surface area (Å²) >= 11 is 3.28. The molecule has 3 rings (SSSR count). The SMILES string of the molecule is Cc1cc(/C=N\OCc2ccccc2C#N)c(C)n1-c1ccc(Br)cc1F. The van der Waals surface area contributed by atoms with Crippen molar-refractivity contribution >= 4 is 22.1 Å². The molecule has 0 unspecified atom stereocenters. The smallest absolute Gasteiger partial charge is 0.148 e. The van der Waals surface area contributed by atoms with Crippen molar-refractivity contribution in [2.24, 2.45) is 5.16 Å². The van der Waals surface area contributed by atoms with Crippen LogP contribution < -0.4 is 0 Å². The molecule has 3 aromatic rings. The van der Waals surface area contributed by atoms with Crippen molar-refractivity contribution in [2.75, 3.05) is 0 Å². The molecule has 0 aliphatic heterocycles. The van der Waals surface area contributed by atoms with Gasteiger partial charge in [0.05, 0.1) is 23.5 Å². The quantitative estimate of drug-likeness (QED) is 0.404. The van der Waals surface area contributed by atoms with E-state index in [1.165, 1.54) is 6.07 Å². The van der Waals surface area contributed by atoms with Crippen LogP contribution in [-0.2, 0) is 11.4 Å². The van der Waals surface area contributed by atoms with E-state index in [4.69, 9.17) is 10.1 Å². The molecule has 0 saturated carbocycles. The third-order valence-corrected chi connectivity index (χ3v) is 4.74. The van der Waals surface area contributed by atoms with Crippen molar-refractivity contribution < 1.29 is 9.23 Å². The highest BCUT2D eigenvalue weighted by Gasteiger charge is 2.13. The lowest BCUT2D eigenvalue weighted by atomic mass is 10.1. The van der Waals surface area contributed by atoms with Crippen LogP contribution in [0, 0.1) is 31.0 Å².